The zero-order chi connectivity index (χ0) is 8.10. The zero-order valence-corrected chi connectivity index (χ0v) is 9.34. The first-order valence-corrected chi connectivity index (χ1v) is 5.85. The largest absolute Gasteiger partial charge is 0.368 e. The van der Waals surface area contributed by atoms with Crippen LogP contribution >= 0.6 is 22.6 Å². The second-order valence-corrected chi connectivity index (χ2v) is 4.43. The van der Waals surface area contributed by atoms with E-state index in [0.29, 0.717) is 4.11 Å². The molecule has 1 atom stereocenters. The third-order valence-electron chi connectivity index (χ3n) is 2.35. The molecule has 1 nitrogen and oxygen atoms in total. The van der Waals surface area contributed by atoms with Crippen molar-refractivity contribution in [2.45, 2.75) is 43.1 Å². The lowest BCUT2D eigenvalue weighted by atomic mass is 9.90. The maximum absolute atomic E-state index is 5.57. The van der Waals surface area contributed by atoms with Crippen LogP contribution in [0.15, 0.2) is 0 Å². The second kappa shape index (κ2) is 5.36. The molecule has 0 radical (unpaired) electrons. The highest BCUT2D eigenvalue weighted by Gasteiger charge is 2.20. The van der Waals surface area contributed by atoms with Crippen molar-refractivity contribution in [1.82, 2.24) is 0 Å². The van der Waals surface area contributed by atoms with Gasteiger partial charge in [0.1, 0.15) is 4.11 Å². The molecular weight excluding hydrogens is 251 g/mol. The predicted molar refractivity (Wildman–Crippen MR) is 56.0 cm³/mol. The van der Waals surface area contributed by atoms with Gasteiger partial charge in [-0.2, -0.15) is 0 Å². The number of hydrogen-bond donors (Lipinski definition) is 0. The smallest absolute Gasteiger partial charge is 0.111 e. The molecule has 0 aromatic carbocycles. The monoisotopic (exact) mass is 268 g/mol. The summed E-state index contributed by atoms with van der Waals surface area (Å²) in [6, 6.07) is 0. The maximum Gasteiger partial charge on any atom is 0.111 e. The molecule has 0 bridgehead atoms. The van der Waals surface area contributed by atoms with Crippen LogP contribution in [-0.4, -0.2) is 10.7 Å². The Morgan fingerprint density at radius 3 is 2.55 bits per heavy atom. The van der Waals surface area contributed by atoms with Gasteiger partial charge in [0.05, 0.1) is 0 Å². The third kappa shape index (κ3) is 3.28. The van der Waals surface area contributed by atoms with Gasteiger partial charge >= 0.3 is 0 Å². The van der Waals surface area contributed by atoms with Crippen LogP contribution in [0, 0.1) is 5.92 Å². The summed E-state index contributed by atoms with van der Waals surface area (Å²) < 4.78 is 6.04. The minimum Gasteiger partial charge on any atom is -0.368 e. The molecule has 11 heavy (non-hydrogen) atoms. The van der Waals surface area contributed by atoms with Gasteiger partial charge in [-0.3, -0.25) is 0 Å². The highest BCUT2D eigenvalue weighted by molar-refractivity contribution is 14.1. The van der Waals surface area contributed by atoms with Crippen LogP contribution in [0.4, 0.5) is 0 Å². The lowest BCUT2D eigenvalue weighted by Gasteiger charge is -2.25. The Morgan fingerprint density at radius 1 is 1.36 bits per heavy atom. The molecule has 0 aromatic rings. The van der Waals surface area contributed by atoms with Gasteiger partial charge in [-0.05, 0) is 25.7 Å². The van der Waals surface area contributed by atoms with E-state index in [1.807, 2.05) is 0 Å². The summed E-state index contributed by atoms with van der Waals surface area (Å²) in [6.07, 6.45) is 7.03. The van der Waals surface area contributed by atoms with Crippen molar-refractivity contribution in [2.24, 2.45) is 5.92 Å². The first kappa shape index (κ1) is 9.78. The van der Waals surface area contributed by atoms with Gasteiger partial charge in [-0.15, -0.1) is 0 Å². The van der Waals surface area contributed by atoms with Gasteiger partial charge in [-0.1, -0.05) is 41.9 Å². The number of ether oxygens (including phenoxy) is 1. The van der Waals surface area contributed by atoms with Crippen LogP contribution in [0.3, 0.4) is 0 Å². The fourth-order valence-electron chi connectivity index (χ4n) is 1.69. The van der Waals surface area contributed by atoms with Gasteiger partial charge in [0.2, 0.25) is 0 Å². The molecular formula is C9H17IO. The Hall–Kier alpha value is 0.690. The van der Waals surface area contributed by atoms with Gasteiger partial charge in [0.15, 0.2) is 0 Å². The average Bonchev–Trinajstić information content (AvgIpc) is 2.07. The Morgan fingerprint density at radius 2 is 2.00 bits per heavy atom. The van der Waals surface area contributed by atoms with Crippen molar-refractivity contribution >= 4 is 22.6 Å². The molecule has 0 unspecified atom stereocenters. The van der Waals surface area contributed by atoms with Gasteiger partial charge in [0.25, 0.3) is 0 Å². The zero-order valence-electron chi connectivity index (χ0n) is 7.18. The van der Waals surface area contributed by atoms with Gasteiger partial charge in [0, 0.05) is 6.61 Å². The molecule has 0 N–H and O–H groups in total. The van der Waals surface area contributed by atoms with Crippen molar-refractivity contribution in [1.29, 1.82) is 0 Å². The number of hydrogen-bond acceptors (Lipinski definition) is 1. The molecule has 0 saturated heterocycles. The third-order valence-corrected chi connectivity index (χ3v) is 3.72. The SMILES string of the molecule is CCO[C@@H](I)C1CCCCC1. The molecule has 0 spiro atoms. The summed E-state index contributed by atoms with van der Waals surface area (Å²) in [5, 5.41) is 0. The average molecular weight is 268 g/mol. The molecule has 0 aliphatic heterocycles. The first-order valence-electron chi connectivity index (χ1n) is 4.60. The van der Waals surface area contributed by atoms with E-state index in [9.17, 15) is 0 Å². The molecule has 2 heteroatoms. The normalized spacial score (nSPS) is 23.5. The molecule has 0 amide bonds. The molecule has 1 fully saturated rings. The standard InChI is InChI=1S/C9H17IO/c1-2-11-9(10)8-6-4-3-5-7-8/h8-9H,2-7H2,1H3/t9-/m1/s1. The Balaban J connectivity index is 2.21. The number of halogens is 1. The Kier molecular flexibility index (Phi) is 4.76. The topological polar surface area (TPSA) is 9.23 Å². The van der Waals surface area contributed by atoms with E-state index >= 15 is 0 Å². The molecule has 1 aliphatic carbocycles. The van der Waals surface area contributed by atoms with Crippen LogP contribution in [-0.2, 0) is 4.74 Å². The van der Waals surface area contributed by atoms with E-state index in [1.54, 1.807) is 0 Å². The van der Waals surface area contributed by atoms with Gasteiger partial charge < -0.3 is 4.74 Å². The van der Waals surface area contributed by atoms with Crippen LogP contribution in [0.1, 0.15) is 39.0 Å². The summed E-state index contributed by atoms with van der Waals surface area (Å²) in [7, 11) is 0. The van der Waals surface area contributed by atoms with Crippen LogP contribution < -0.4 is 0 Å². The molecule has 1 saturated carbocycles. The van der Waals surface area contributed by atoms with E-state index in [-0.39, 0.29) is 0 Å². The Labute approximate surface area is 83.0 Å². The minimum atomic E-state index is 0.470. The van der Waals surface area contributed by atoms with Crippen molar-refractivity contribution < 1.29 is 4.74 Å². The summed E-state index contributed by atoms with van der Waals surface area (Å²) in [4.78, 5) is 0. The highest BCUT2D eigenvalue weighted by Crippen LogP contribution is 2.30. The summed E-state index contributed by atoms with van der Waals surface area (Å²) in [5.74, 6) is 0.837. The molecule has 66 valence electrons. The summed E-state index contributed by atoms with van der Waals surface area (Å²) in [5.41, 5.74) is 0. The van der Waals surface area contributed by atoms with E-state index in [0.717, 1.165) is 12.5 Å². The maximum atomic E-state index is 5.57. The van der Waals surface area contributed by atoms with E-state index in [4.69, 9.17) is 4.74 Å². The molecule has 0 heterocycles. The van der Waals surface area contributed by atoms with Crippen LogP contribution in [0.25, 0.3) is 0 Å². The quantitative estimate of drug-likeness (QED) is 0.563. The number of rotatable bonds is 3. The summed E-state index contributed by atoms with van der Waals surface area (Å²) in [6.45, 7) is 2.94. The predicted octanol–water partition coefficient (Wildman–Crippen LogP) is 3.36. The molecule has 0 aromatic heterocycles. The summed E-state index contributed by atoms with van der Waals surface area (Å²) >= 11 is 2.44. The Bertz CT molecular complexity index is 99.7. The van der Waals surface area contributed by atoms with Crippen LogP contribution in [0.5, 0.6) is 0 Å². The highest BCUT2D eigenvalue weighted by atomic mass is 127. The minimum absolute atomic E-state index is 0.470. The van der Waals surface area contributed by atoms with Gasteiger partial charge in [-0.25, -0.2) is 0 Å². The van der Waals surface area contributed by atoms with E-state index in [1.165, 1.54) is 32.1 Å². The second-order valence-electron chi connectivity index (χ2n) is 3.20. The van der Waals surface area contributed by atoms with E-state index in [2.05, 4.69) is 29.5 Å². The number of alkyl halides is 1. The fourth-order valence-corrected chi connectivity index (χ4v) is 2.77. The van der Waals surface area contributed by atoms with Crippen LogP contribution in [0.2, 0.25) is 0 Å². The molecule has 1 aliphatic rings. The van der Waals surface area contributed by atoms with E-state index < -0.39 is 0 Å². The van der Waals surface area contributed by atoms with Crippen molar-refractivity contribution in [2.75, 3.05) is 6.61 Å². The fraction of sp³-hybridized carbons (Fsp3) is 1.00. The first-order chi connectivity index (χ1) is 5.34. The lowest BCUT2D eigenvalue weighted by Crippen LogP contribution is -2.20. The molecule has 1 rings (SSSR count). The van der Waals surface area contributed by atoms with Crippen molar-refractivity contribution in [3.05, 3.63) is 0 Å². The lowest BCUT2D eigenvalue weighted by molar-refractivity contribution is 0.0801. The van der Waals surface area contributed by atoms with Crippen molar-refractivity contribution in [3.63, 3.8) is 0 Å². The van der Waals surface area contributed by atoms with Crippen molar-refractivity contribution in [3.8, 4) is 0 Å².